The van der Waals surface area contributed by atoms with E-state index >= 15 is 0 Å². The Morgan fingerprint density at radius 3 is 2.62 bits per heavy atom. The zero-order chi connectivity index (χ0) is 20.6. The number of pyridine rings is 1. The molecule has 1 N–H and O–H groups in total. The van der Waals surface area contributed by atoms with Gasteiger partial charge in [0.05, 0.1) is 10.9 Å². The van der Waals surface area contributed by atoms with Crippen molar-refractivity contribution in [2.45, 2.75) is 51.8 Å². The minimum absolute atomic E-state index is 0.160. The number of hydrogen-bond acceptors (Lipinski definition) is 3. The molecule has 0 saturated heterocycles. The van der Waals surface area contributed by atoms with Gasteiger partial charge in [-0.25, -0.2) is 13.1 Å². The second kappa shape index (κ2) is 7.58. The average molecular weight is 412 g/mol. The summed E-state index contributed by atoms with van der Waals surface area (Å²) < 4.78 is 29.2. The van der Waals surface area contributed by atoms with Gasteiger partial charge in [-0.1, -0.05) is 32.9 Å². The highest BCUT2D eigenvalue weighted by Crippen LogP contribution is 2.31. The van der Waals surface area contributed by atoms with Crippen LogP contribution in [0.3, 0.4) is 0 Å². The lowest BCUT2D eigenvalue weighted by Gasteiger charge is -2.17. The smallest absolute Gasteiger partial charge is 0.214 e. The van der Waals surface area contributed by atoms with Crippen molar-refractivity contribution in [3.8, 4) is 11.3 Å². The third kappa shape index (κ3) is 4.70. The molecule has 0 aliphatic heterocycles. The molecule has 0 amide bonds. The molecule has 0 radical (unpaired) electrons. The largest absolute Gasteiger partial charge is 0.346 e. The third-order valence-electron chi connectivity index (χ3n) is 5.26. The highest BCUT2D eigenvalue weighted by Gasteiger charge is 2.35. The van der Waals surface area contributed by atoms with Gasteiger partial charge in [-0.3, -0.25) is 4.98 Å². The standard InChI is InChI=1S/C23H29N3O2S/c1-23(2,3)15-18-16-26(13-12-25-29(27,28)19-8-9-19)22-10-7-17(14-20(18)22)21-6-4-5-11-24-21/h4-7,10-11,14,16,19,25H,8-9,12-13,15H2,1-3H3. The zero-order valence-electron chi connectivity index (χ0n) is 17.4. The Bertz CT molecular complexity index is 1110. The first-order chi connectivity index (χ1) is 13.7. The maximum Gasteiger partial charge on any atom is 0.214 e. The molecule has 1 saturated carbocycles. The number of hydrogen-bond donors (Lipinski definition) is 1. The Labute approximate surface area is 173 Å². The molecule has 1 aromatic carbocycles. The first-order valence-corrected chi connectivity index (χ1v) is 11.8. The maximum atomic E-state index is 12.1. The molecule has 3 aromatic rings. The molecule has 1 fully saturated rings. The van der Waals surface area contributed by atoms with Gasteiger partial charge in [-0.05, 0) is 54.5 Å². The van der Waals surface area contributed by atoms with E-state index < -0.39 is 10.0 Å². The van der Waals surface area contributed by atoms with Crippen molar-refractivity contribution in [1.29, 1.82) is 0 Å². The van der Waals surface area contributed by atoms with Crippen LogP contribution in [0.4, 0.5) is 0 Å². The predicted octanol–water partition coefficient (Wildman–Crippen LogP) is 4.37. The summed E-state index contributed by atoms with van der Waals surface area (Å²) in [4.78, 5) is 4.48. The van der Waals surface area contributed by atoms with E-state index in [0.717, 1.165) is 36.0 Å². The van der Waals surface area contributed by atoms with Crippen LogP contribution >= 0.6 is 0 Å². The molecule has 2 aromatic heterocycles. The summed E-state index contributed by atoms with van der Waals surface area (Å²) >= 11 is 0. The molecule has 5 nitrogen and oxygen atoms in total. The molecule has 1 aliphatic rings. The van der Waals surface area contributed by atoms with Gasteiger partial charge in [-0.2, -0.15) is 0 Å². The van der Waals surface area contributed by atoms with Crippen LogP contribution in [0.15, 0.2) is 48.8 Å². The van der Waals surface area contributed by atoms with Gasteiger partial charge in [0.25, 0.3) is 0 Å². The quantitative estimate of drug-likeness (QED) is 0.628. The molecule has 154 valence electrons. The number of rotatable bonds is 7. The van der Waals surface area contributed by atoms with E-state index in [9.17, 15) is 8.42 Å². The van der Waals surface area contributed by atoms with E-state index in [-0.39, 0.29) is 10.7 Å². The molecular weight excluding hydrogens is 382 g/mol. The third-order valence-corrected chi connectivity index (χ3v) is 7.22. The van der Waals surface area contributed by atoms with Gasteiger partial charge < -0.3 is 4.57 Å². The lowest BCUT2D eigenvalue weighted by Crippen LogP contribution is -2.30. The molecular formula is C23H29N3O2S. The zero-order valence-corrected chi connectivity index (χ0v) is 18.2. The highest BCUT2D eigenvalue weighted by atomic mass is 32.2. The summed E-state index contributed by atoms with van der Waals surface area (Å²) in [6, 6.07) is 12.4. The van der Waals surface area contributed by atoms with Gasteiger partial charge >= 0.3 is 0 Å². The van der Waals surface area contributed by atoms with E-state index in [0.29, 0.717) is 13.1 Å². The number of aromatic nitrogens is 2. The Kier molecular flexibility index (Phi) is 5.25. The van der Waals surface area contributed by atoms with Crippen molar-refractivity contribution in [3.05, 3.63) is 54.4 Å². The van der Waals surface area contributed by atoms with Crippen molar-refractivity contribution in [2.24, 2.45) is 5.41 Å². The average Bonchev–Trinajstić information content (AvgIpc) is 3.47. The molecule has 0 unspecified atom stereocenters. The molecule has 2 heterocycles. The van der Waals surface area contributed by atoms with Crippen LogP contribution in [0.2, 0.25) is 0 Å². The SMILES string of the molecule is CC(C)(C)Cc1cn(CCNS(=O)(=O)C2CC2)c2ccc(-c3ccccn3)cc12. The lowest BCUT2D eigenvalue weighted by atomic mass is 9.88. The fraction of sp³-hybridized carbons (Fsp3) is 0.435. The minimum atomic E-state index is -3.15. The van der Waals surface area contributed by atoms with Crippen LogP contribution in [0.5, 0.6) is 0 Å². The molecule has 6 heteroatoms. The molecule has 0 spiro atoms. The van der Waals surface area contributed by atoms with Gasteiger partial charge in [-0.15, -0.1) is 0 Å². The number of nitrogens with one attached hydrogen (secondary N) is 1. The monoisotopic (exact) mass is 411 g/mol. The summed E-state index contributed by atoms with van der Waals surface area (Å²) in [7, 11) is -3.15. The van der Waals surface area contributed by atoms with Crippen LogP contribution in [0.1, 0.15) is 39.2 Å². The predicted molar refractivity (Wildman–Crippen MR) is 118 cm³/mol. The summed E-state index contributed by atoms with van der Waals surface area (Å²) in [5, 5.41) is 1.04. The minimum Gasteiger partial charge on any atom is -0.346 e. The number of nitrogens with zero attached hydrogens (tertiary/aromatic N) is 2. The van der Waals surface area contributed by atoms with Gasteiger partial charge in [0.1, 0.15) is 0 Å². The van der Waals surface area contributed by atoms with Crippen molar-refractivity contribution in [1.82, 2.24) is 14.3 Å². The summed E-state index contributed by atoms with van der Waals surface area (Å²) in [5.41, 5.74) is 4.64. The lowest BCUT2D eigenvalue weighted by molar-refractivity contribution is 0.412. The molecule has 1 aliphatic carbocycles. The highest BCUT2D eigenvalue weighted by molar-refractivity contribution is 7.90. The van der Waals surface area contributed by atoms with Crippen LogP contribution < -0.4 is 4.72 Å². The fourth-order valence-electron chi connectivity index (χ4n) is 3.77. The van der Waals surface area contributed by atoms with Gasteiger partial charge in [0.2, 0.25) is 10.0 Å². The summed E-state index contributed by atoms with van der Waals surface area (Å²) in [6.07, 6.45) is 6.52. The van der Waals surface area contributed by atoms with Crippen LogP contribution in [-0.4, -0.2) is 29.8 Å². The van der Waals surface area contributed by atoms with Crippen LogP contribution in [-0.2, 0) is 23.0 Å². The number of benzene rings is 1. The molecule has 0 bridgehead atoms. The fourth-order valence-corrected chi connectivity index (χ4v) is 5.13. The second-order valence-corrected chi connectivity index (χ2v) is 11.2. The Morgan fingerprint density at radius 2 is 1.97 bits per heavy atom. The molecule has 29 heavy (non-hydrogen) atoms. The Morgan fingerprint density at radius 1 is 1.17 bits per heavy atom. The Balaban J connectivity index is 1.65. The van der Waals surface area contributed by atoms with Gasteiger partial charge in [0.15, 0.2) is 0 Å². The van der Waals surface area contributed by atoms with E-state index in [1.807, 2.05) is 24.4 Å². The van der Waals surface area contributed by atoms with Gasteiger partial charge in [0, 0.05) is 41.9 Å². The molecule has 4 rings (SSSR count). The van der Waals surface area contributed by atoms with E-state index in [1.165, 1.54) is 10.9 Å². The summed E-state index contributed by atoms with van der Waals surface area (Å²) in [6.45, 7) is 7.75. The first kappa shape index (κ1) is 20.1. The van der Waals surface area contributed by atoms with Crippen molar-refractivity contribution < 1.29 is 8.42 Å². The first-order valence-electron chi connectivity index (χ1n) is 10.2. The maximum absolute atomic E-state index is 12.1. The number of sulfonamides is 1. The van der Waals surface area contributed by atoms with Crippen molar-refractivity contribution >= 4 is 20.9 Å². The number of fused-ring (bicyclic) bond motifs is 1. The normalized spacial score (nSPS) is 15.1. The van der Waals surface area contributed by atoms with Crippen LogP contribution in [0.25, 0.3) is 22.2 Å². The van der Waals surface area contributed by atoms with Crippen LogP contribution in [0, 0.1) is 5.41 Å². The topological polar surface area (TPSA) is 64.0 Å². The van der Waals surface area contributed by atoms with Crippen molar-refractivity contribution in [3.63, 3.8) is 0 Å². The summed E-state index contributed by atoms with van der Waals surface area (Å²) in [5.74, 6) is 0. The van der Waals surface area contributed by atoms with E-state index in [1.54, 1.807) is 0 Å². The van der Waals surface area contributed by atoms with Crippen molar-refractivity contribution in [2.75, 3.05) is 6.54 Å². The van der Waals surface area contributed by atoms with E-state index in [4.69, 9.17) is 0 Å². The van der Waals surface area contributed by atoms with E-state index in [2.05, 4.69) is 59.4 Å². The molecule has 0 atom stereocenters. The second-order valence-electron chi connectivity index (χ2n) is 9.17. The Hall–Kier alpha value is -2.18.